The van der Waals surface area contributed by atoms with Gasteiger partial charge in [-0.2, -0.15) is 0 Å². The number of aryl methyl sites for hydroxylation is 1. The Labute approximate surface area is 114 Å². The van der Waals surface area contributed by atoms with Gasteiger partial charge in [-0.1, -0.05) is 26.2 Å². The highest BCUT2D eigenvalue weighted by molar-refractivity contribution is 5.35. The number of hydrogen-bond acceptors (Lipinski definition) is 5. The molecule has 0 unspecified atom stereocenters. The number of hydrazine groups is 1. The van der Waals surface area contributed by atoms with E-state index in [1.165, 1.54) is 19.3 Å². The van der Waals surface area contributed by atoms with Crippen molar-refractivity contribution in [1.29, 1.82) is 0 Å². The molecule has 0 aliphatic heterocycles. The first-order valence-corrected chi connectivity index (χ1v) is 7.23. The second kappa shape index (κ2) is 6.30. The van der Waals surface area contributed by atoms with Gasteiger partial charge in [0.15, 0.2) is 5.82 Å². The van der Waals surface area contributed by atoms with Crippen molar-refractivity contribution in [2.24, 2.45) is 5.84 Å². The minimum Gasteiger partial charge on any atom is -0.367 e. The van der Waals surface area contributed by atoms with Gasteiger partial charge in [0.25, 0.3) is 0 Å². The number of hydrogen-bond donors (Lipinski definition) is 2. The third-order valence-electron chi connectivity index (χ3n) is 3.78. The fourth-order valence-corrected chi connectivity index (χ4v) is 2.79. The molecule has 0 atom stereocenters. The van der Waals surface area contributed by atoms with E-state index in [0.29, 0.717) is 12.4 Å². The molecule has 0 spiro atoms. The first-order valence-electron chi connectivity index (χ1n) is 7.23. The summed E-state index contributed by atoms with van der Waals surface area (Å²) in [6.07, 6.45) is 6.48. The monoisotopic (exact) mass is 264 g/mol. The summed E-state index contributed by atoms with van der Waals surface area (Å²) >= 11 is 0. The highest BCUT2D eigenvalue weighted by Gasteiger charge is 2.37. The average Bonchev–Trinajstić information content (AvgIpc) is 2.48. The predicted octanol–water partition coefficient (Wildman–Crippen LogP) is 2.52. The predicted molar refractivity (Wildman–Crippen MR) is 75.6 cm³/mol. The Morgan fingerprint density at radius 3 is 2.58 bits per heavy atom. The van der Waals surface area contributed by atoms with Crippen molar-refractivity contribution in [2.75, 3.05) is 12.0 Å². The molecule has 5 heteroatoms. The Hall–Kier alpha value is -1.20. The summed E-state index contributed by atoms with van der Waals surface area (Å²) in [4.78, 5) is 9.22. The molecule has 1 fully saturated rings. The van der Waals surface area contributed by atoms with Crippen molar-refractivity contribution in [3.8, 4) is 0 Å². The third kappa shape index (κ3) is 3.04. The van der Waals surface area contributed by atoms with Gasteiger partial charge in [0.1, 0.15) is 11.4 Å². The summed E-state index contributed by atoms with van der Waals surface area (Å²) in [5, 5.41) is 0. The zero-order valence-corrected chi connectivity index (χ0v) is 11.9. The van der Waals surface area contributed by atoms with Gasteiger partial charge in [0.2, 0.25) is 0 Å². The van der Waals surface area contributed by atoms with Gasteiger partial charge in [-0.3, -0.25) is 0 Å². The van der Waals surface area contributed by atoms with Crippen LogP contribution < -0.4 is 11.3 Å². The van der Waals surface area contributed by atoms with E-state index in [1.807, 2.05) is 13.0 Å². The molecule has 1 aliphatic carbocycles. The second-order valence-corrected chi connectivity index (χ2v) is 5.05. The van der Waals surface area contributed by atoms with E-state index < -0.39 is 0 Å². The maximum atomic E-state index is 6.06. The maximum absolute atomic E-state index is 6.06. The fraction of sp³-hybridized carbons (Fsp3) is 0.714. The van der Waals surface area contributed by atoms with Crippen LogP contribution >= 0.6 is 0 Å². The summed E-state index contributed by atoms with van der Waals surface area (Å²) in [5.74, 6) is 6.97. The summed E-state index contributed by atoms with van der Waals surface area (Å²) in [5.41, 5.74) is 3.32. The number of aromatic nitrogens is 2. The van der Waals surface area contributed by atoms with E-state index in [2.05, 4.69) is 22.3 Å². The SMILES string of the molecule is CCOC1(c2nc(CC)cc(NN)n2)CCCCC1. The zero-order valence-electron chi connectivity index (χ0n) is 11.9. The van der Waals surface area contributed by atoms with Crippen LogP contribution in [0.1, 0.15) is 57.5 Å². The molecular formula is C14H24N4O. The summed E-state index contributed by atoms with van der Waals surface area (Å²) in [6.45, 7) is 4.80. The number of ether oxygens (including phenoxy) is 1. The summed E-state index contributed by atoms with van der Waals surface area (Å²) < 4.78 is 6.06. The van der Waals surface area contributed by atoms with Crippen LogP contribution in [0, 0.1) is 0 Å². The Morgan fingerprint density at radius 2 is 2.00 bits per heavy atom. The largest absolute Gasteiger partial charge is 0.367 e. The fourth-order valence-electron chi connectivity index (χ4n) is 2.79. The number of nitrogens with zero attached hydrogens (tertiary/aromatic N) is 2. The summed E-state index contributed by atoms with van der Waals surface area (Å²) in [6, 6.07) is 1.89. The number of rotatable bonds is 5. The van der Waals surface area contributed by atoms with Crippen molar-refractivity contribution >= 4 is 5.82 Å². The molecule has 5 nitrogen and oxygen atoms in total. The Balaban J connectivity index is 2.39. The average molecular weight is 264 g/mol. The number of nitrogens with two attached hydrogens (primary N) is 1. The topological polar surface area (TPSA) is 73.1 Å². The van der Waals surface area contributed by atoms with Gasteiger partial charge in [-0.15, -0.1) is 0 Å². The van der Waals surface area contributed by atoms with Gasteiger partial charge < -0.3 is 10.2 Å². The molecule has 1 heterocycles. The van der Waals surface area contributed by atoms with E-state index in [9.17, 15) is 0 Å². The van der Waals surface area contributed by atoms with Crippen LogP contribution in [0.4, 0.5) is 5.82 Å². The first kappa shape index (κ1) is 14.2. The van der Waals surface area contributed by atoms with E-state index in [-0.39, 0.29) is 5.60 Å². The van der Waals surface area contributed by atoms with Crippen LogP contribution in [0.15, 0.2) is 6.07 Å². The minimum atomic E-state index is -0.316. The van der Waals surface area contributed by atoms with Crippen LogP contribution in [0.5, 0.6) is 0 Å². The van der Waals surface area contributed by atoms with E-state index in [0.717, 1.165) is 30.8 Å². The van der Waals surface area contributed by atoms with Gasteiger partial charge >= 0.3 is 0 Å². The van der Waals surface area contributed by atoms with Crippen LogP contribution in [0.3, 0.4) is 0 Å². The van der Waals surface area contributed by atoms with Gasteiger partial charge in [-0.25, -0.2) is 15.8 Å². The van der Waals surface area contributed by atoms with E-state index >= 15 is 0 Å². The zero-order chi connectivity index (χ0) is 13.7. The lowest BCUT2D eigenvalue weighted by atomic mass is 9.83. The molecule has 19 heavy (non-hydrogen) atoms. The molecule has 0 saturated heterocycles. The van der Waals surface area contributed by atoms with Gasteiger partial charge in [-0.05, 0) is 26.2 Å². The molecule has 0 bridgehead atoms. The van der Waals surface area contributed by atoms with E-state index in [4.69, 9.17) is 10.6 Å². The Kier molecular flexibility index (Phi) is 4.71. The lowest BCUT2D eigenvalue weighted by Gasteiger charge is -2.35. The maximum Gasteiger partial charge on any atom is 0.162 e. The van der Waals surface area contributed by atoms with Gasteiger partial charge in [0, 0.05) is 18.4 Å². The third-order valence-corrected chi connectivity index (χ3v) is 3.78. The van der Waals surface area contributed by atoms with Crippen LogP contribution in [0.2, 0.25) is 0 Å². The van der Waals surface area contributed by atoms with Crippen LogP contribution in [0.25, 0.3) is 0 Å². The number of nitrogens with one attached hydrogen (secondary N) is 1. The van der Waals surface area contributed by atoms with Crippen molar-refractivity contribution in [2.45, 2.75) is 58.0 Å². The highest BCUT2D eigenvalue weighted by atomic mass is 16.5. The molecule has 0 radical (unpaired) electrons. The molecule has 0 amide bonds. The molecule has 0 aromatic carbocycles. The van der Waals surface area contributed by atoms with Crippen molar-refractivity contribution in [3.05, 3.63) is 17.6 Å². The molecule has 1 saturated carbocycles. The minimum absolute atomic E-state index is 0.316. The highest BCUT2D eigenvalue weighted by Crippen LogP contribution is 2.39. The van der Waals surface area contributed by atoms with Crippen molar-refractivity contribution in [3.63, 3.8) is 0 Å². The number of anilines is 1. The normalized spacial score (nSPS) is 18.3. The lowest BCUT2D eigenvalue weighted by molar-refractivity contribution is -0.0767. The molecule has 3 N–H and O–H groups in total. The standard InChI is InChI=1S/C14H24N4O/c1-3-11-10-12(18-15)17-13(16-11)14(19-4-2)8-6-5-7-9-14/h10H,3-9,15H2,1-2H3,(H,16,17,18). The molecule has 2 rings (SSSR count). The second-order valence-electron chi connectivity index (χ2n) is 5.05. The molecule has 1 aromatic rings. The molecule has 1 aromatic heterocycles. The molecule has 1 aliphatic rings. The summed E-state index contributed by atoms with van der Waals surface area (Å²) in [7, 11) is 0. The number of nitrogen functional groups attached to an aromatic ring is 1. The first-order chi connectivity index (χ1) is 9.24. The quantitative estimate of drug-likeness (QED) is 0.631. The molecular weight excluding hydrogens is 240 g/mol. The van der Waals surface area contributed by atoms with E-state index in [1.54, 1.807) is 0 Å². The van der Waals surface area contributed by atoms with Gasteiger partial charge in [0.05, 0.1) is 0 Å². The smallest absolute Gasteiger partial charge is 0.162 e. The lowest BCUT2D eigenvalue weighted by Crippen LogP contribution is -2.35. The van der Waals surface area contributed by atoms with Crippen LogP contribution in [-0.4, -0.2) is 16.6 Å². The van der Waals surface area contributed by atoms with Crippen LogP contribution in [-0.2, 0) is 16.8 Å². The van der Waals surface area contributed by atoms with Crippen molar-refractivity contribution < 1.29 is 4.74 Å². The van der Waals surface area contributed by atoms with Crippen molar-refractivity contribution in [1.82, 2.24) is 9.97 Å². The Morgan fingerprint density at radius 1 is 1.26 bits per heavy atom. The Bertz CT molecular complexity index is 388. The molecule has 106 valence electrons.